The molecular formula is C33H41N3O4. The van der Waals surface area contributed by atoms with Crippen LogP contribution < -0.4 is 16.2 Å². The molecule has 0 aliphatic rings. The predicted octanol–water partition coefficient (Wildman–Crippen LogP) is 7.21. The average molecular weight is 544 g/mol. The molecule has 212 valence electrons. The Hall–Kier alpha value is -4.36. The zero-order valence-electron chi connectivity index (χ0n) is 24.1. The van der Waals surface area contributed by atoms with Crippen LogP contribution in [0.5, 0.6) is 5.75 Å². The number of hydrogen-bond acceptors (Lipinski definition) is 6. The number of carbonyl (C=O) groups is 1. The van der Waals surface area contributed by atoms with Crippen molar-refractivity contribution in [3.05, 3.63) is 95.4 Å². The van der Waals surface area contributed by atoms with Crippen molar-refractivity contribution < 1.29 is 19.1 Å². The van der Waals surface area contributed by atoms with Crippen LogP contribution in [0.1, 0.15) is 56.9 Å². The Balaban J connectivity index is 0.00000105. The van der Waals surface area contributed by atoms with Gasteiger partial charge in [-0.25, -0.2) is 0 Å². The van der Waals surface area contributed by atoms with E-state index in [1.165, 1.54) is 5.56 Å². The van der Waals surface area contributed by atoms with Crippen molar-refractivity contribution in [1.82, 2.24) is 0 Å². The Labute approximate surface area is 237 Å². The highest BCUT2D eigenvalue weighted by atomic mass is 16.5. The van der Waals surface area contributed by atoms with E-state index in [0.29, 0.717) is 13.2 Å². The highest BCUT2D eigenvalue weighted by Crippen LogP contribution is 2.35. The van der Waals surface area contributed by atoms with Gasteiger partial charge in [-0.05, 0) is 66.8 Å². The molecule has 0 aliphatic heterocycles. The van der Waals surface area contributed by atoms with Crippen LogP contribution in [0.25, 0.3) is 27.7 Å². The average Bonchev–Trinajstić information content (AvgIpc) is 3.40. The molecule has 0 atom stereocenters. The molecule has 0 unspecified atom stereocenters. The van der Waals surface area contributed by atoms with Gasteiger partial charge in [-0.1, -0.05) is 57.2 Å². The molecule has 0 amide bonds. The lowest BCUT2D eigenvalue weighted by Gasteiger charge is -2.11. The molecule has 40 heavy (non-hydrogen) atoms. The van der Waals surface area contributed by atoms with E-state index in [2.05, 4.69) is 42.2 Å². The maximum Gasteiger partial charge on any atom is 0.290 e. The lowest BCUT2D eigenvalue weighted by atomic mass is 9.95. The van der Waals surface area contributed by atoms with Gasteiger partial charge in [0.2, 0.25) is 0 Å². The SMILES string of the molecule is CC.CCc1ccccc1OCc1coc2c(/C(C=NC(C)C)=C/N)cc(-c3cccc(CN)c3)cc12.O=CO. The van der Waals surface area contributed by atoms with Crippen LogP contribution in [0, 0.1) is 0 Å². The van der Waals surface area contributed by atoms with E-state index in [1.54, 1.807) is 12.5 Å². The maximum absolute atomic E-state index is 8.36. The van der Waals surface area contributed by atoms with Crippen LogP contribution in [0.15, 0.2) is 82.5 Å². The minimum atomic E-state index is -0.250. The molecule has 3 aromatic carbocycles. The van der Waals surface area contributed by atoms with Crippen molar-refractivity contribution >= 4 is 29.2 Å². The van der Waals surface area contributed by atoms with Gasteiger partial charge in [0.15, 0.2) is 0 Å². The zero-order valence-corrected chi connectivity index (χ0v) is 24.1. The molecule has 0 aliphatic carbocycles. The molecule has 4 aromatic rings. The number of aliphatic imine (C=N–C) groups is 1. The van der Waals surface area contributed by atoms with Crippen LogP contribution in [0.3, 0.4) is 0 Å². The Morgan fingerprint density at radius 3 is 2.42 bits per heavy atom. The molecule has 0 saturated carbocycles. The number of hydrogen-bond donors (Lipinski definition) is 3. The molecule has 5 N–H and O–H groups in total. The molecule has 1 aromatic heterocycles. The van der Waals surface area contributed by atoms with Crippen LogP contribution in [0.4, 0.5) is 0 Å². The van der Waals surface area contributed by atoms with Gasteiger partial charge in [0.25, 0.3) is 6.47 Å². The topological polar surface area (TPSA) is 124 Å². The number of para-hydroxylation sites is 1. The van der Waals surface area contributed by atoms with E-state index in [1.807, 2.05) is 64.2 Å². The molecule has 1 heterocycles. The molecule has 7 heteroatoms. The van der Waals surface area contributed by atoms with E-state index in [4.69, 9.17) is 30.5 Å². The quantitative estimate of drug-likeness (QED) is 0.151. The first kappa shape index (κ1) is 31.9. The molecule has 0 spiro atoms. The Morgan fingerprint density at radius 1 is 1.05 bits per heavy atom. The Bertz CT molecular complexity index is 1420. The van der Waals surface area contributed by atoms with Gasteiger partial charge in [-0.15, -0.1) is 0 Å². The second-order valence-corrected chi connectivity index (χ2v) is 8.92. The van der Waals surface area contributed by atoms with E-state index < -0.39 is 0 Å². The Morgan fingerprint density at radius 2 is 1.77 bits per heavy atom. The summed E-state index contributed by atoms with van der Waals surface area (Å²) < 4.78 is 12.3. The third kappa shape index (κ3) is 8.32. The number of aryl methyl sites for hydroxylation is 1. The smallest absolute Gasteiger partial charge is 0.290 e. The summed E-state index contributed by atoms with van der Waals surface area (Å²) in [4.78, 5) is 12.9. The van der Waals surface area contributed by atoms with Crippen molar-refractivity contribution in [2.24, 2.45) is 16.5 Å². The number of ether oxygens (including phenoxy) is 1. The summed E-state index contributed by atoms with van der Waals surface area (Å²) in [6.07, 6.45) is 6.08. The monoisotopic (exact) mass is 543 g/mol. The standard InChI is InChI=1S/C30H33N3O2.C2H6.CH2O2/c1-4-22-9-5-6-11-29(22)34-18-26-19-35-30-27(25(16-32)17-33-20(2)3)13-24(14-28(26)30)23-10-7-8-21(12-23)15-31;1-2;2-1-3/h5-14,16-17,19-20H,4,15,18,31-32H2,1-3H3;1-2H3;1H,(H,2,3)/b25-16+,33-17?;;. The van der Waals surface area contributed by atoms with Crippen LogP contribution in [-0.4, -0.2) is 23.8 Å². The maximum atomic E-state index is 8.36. The highest BCUT2D eigenvalue weighted by Gasteiger charge is 2.16. The number of rotatable bonds is 9. The van der Waals surface area contributed by atoms with Crippen LogP contribution >= 0.6 is 0 Å². The van der Waals surface area contributed by atoms with Gasteiger partial charge in [0, 0.05) is 47.1 Å². The number of benzene rings is 3. The lowest BCUT2D eigenvalue weighted by molar-refractivity contribution is -0.122. The minimum absolute atomic E-state index is 0.157. The van der Waals surface area contributed by atoms with Crippen LogP contribution in [0.2, 0.25) is 0 Å². The largest absolute Gasteiger partial charge is 0.488 e. The van der Waals surface area contributed by atoms with Gasteiger partial charge < -0.3 is 25.7 Å². The Kier molecular flexibility index (Phi) is 13.2. The fraction of sp³-hybridized carbons (Fsp3) is 0.273. The zero-order chi connectivity index (χ0) is 29.5. The molecular weight excluding hydrogens is 502 g/mol. The first-order valence-corrected chi connectivity index (χ1v) is 13.5. The summed E-state index contributed by atoms with van der Waals surface area (Å²) in [5.41, 5.74) is 19.8. The van der Waals surface area contributed by atoms with Crippen molar-refractivity contribution in [3.63, 3.8) is 0 Å². The number of fused-ring (bicyclic) bond motifs is 1. The molecule has 4 rings (SSSR count). The summed E-state index contributed by atoms with van der Waals surface area (Å²) in [5.74, 6) is 0.892. The summed E-state index contributed by atoms with van der Waals surface area (Å²) >= 11 is 0. The predicted molar refractivity (Wildman–Crippen MR) is 166 cm³/mol. The molecule has 0 saturated heterocycles. The van der Waals surface area contributed by atoms with Crippen molar-refractivity contribution in [1.29, 1.82) is 0 Å². The third-order valence-corrected chi connectivity index (χ3v) is 5.99. The normalized spacial score (nSPS) is 11.1. The van der Waals surface area contributed by atoms with Crippen molar-refractivity contribution in [2.75, 3.05) is 0 Å². The van der Waals surface area contributed by atoms with Gasteiger partial charge in [-0.2, -0.15) is 0 Å². The van der Waals surface area contributed by atoms with Crippen LogP contribution in [-0.2, 0) is 24.4 Å². The molecule has 0 fully saturated rings. The number of nitrogens with two attached hydrogens (primary N) is 2. The highest BCUT2D eigenvalue weighted by molar-refractivity contribution is 6.14. The number of nitrogens with zero attached hydrogens (tertiary/aromatic N) is 1. The summed E-state index contributed by atoms with van der Waals surface area (Å²) in [7, 11) is 0. The van der Waals surface area contributed by atoms with E-state index >= 15 is 0 Å². The van der Waals surface area contributed by atoms with Crippen molar-refractivity contribution in [3.8, 4) is 16.9 Å². The number of allylic oxidation sites excluding steroid dienone is 1. The van der Waals surface area contributed by atoms with Gasteiger partial charge in [0.05, 0.1) is 6.26 Å². The third-order valence-electron chi connectivity index (χ3n) is 5.99. The fourth-order valence-corrected chi connectivity index (χ4v) is 4.08. The molecule has 0 bridgehead atoms. The summed E-state index contributed by atoms with van der Waals surface area (Å²) in [6, 6.07) is 20.8. The van der Waals surface area contributed by atoms with Gasteiger partial charge in [0.1, 0.15) is 17.9 Å². The molecule has 7 nitrogen and oxygen atoms in total. The second kappa shape index (κ2) is 16.6. The first-order valence-electron chi connectivity index (χ1n) is 13.5. The summed E-state index contributed by atoms with van der Waals surface area (Å²) in [6.45, 7) is 10.8. The molecule has 0 radical (unpaired) electrons. The van der Waals surface area contributed by atoms with Crippen molar-refractivity contribution in [2.45, 2.75) is 60.2 Å². The van der Waals surface area contributed by atoms with E-state index in [-0.39, 0.29) is 12.5 Å². The number of furan rings is 1. The number of carboxylic acid groups (broad SMARTS) is 1. The van der Waals surface area contributed by atoms with E-state index in [9.17, 15) is 0 Å². The van der Waals surface area contributed by atoms with E-state index in [0.717, 1.165) is 56.5 Å². The minimum Gasteiger partial charge on any atom is -0.488 e. The van der Waals surface area contributed by atoms with Gasteiger partial charge in [-0.3, -0.25) is 9.79 Å². The lowest BCUT2D eigenvalue weighted by Crippen LogP contribution is -1.99. The second-order valence-electron chi connectivity index (χ2n) is 8.92. The van der Waals surface area contributed by atoms with Gasteiger partial charge >= 0.3 is 0 Å². The fourth-order valence-electron chi connectivity index (χ4n) is 4.08. The first-order chi connectivity index (χ1) is 19.4. The summed E-state index contributed by atoms with van der Waals surface area (Å²) in [5, 5.41) is 7.88.